The summed E-state index contributed by atoms with van der Waals surface area (Å²) in [4.78, 5) is 11.4. The van der Waals surface area contributed by atoms with Gasteiger partial charge in [-0.25, -0.2) is 0 Å². The Labute approximate surface area is 76.3 Å². The number of hydrogen-bond acceptors (Lipinski definition) is 3. The number of carbonyl (C=O) groups excluding carboxylic acids is 1. The SMILES string of the molecule is CC(C)(SS)C(=O)NC1CC1. The van der Waals surface area contributed by atoms with E-state index in [2.05, 4.69) is 17.0 Å². The first-order chi connectivity index (χ1) is 5.06. The molecule has 1 aliphatic carbocycles. The Morgan fingerprint density at radius 2 is 2.18 bits per heavy atom. The van der Waals surface area contributed by atoms with E-state index in [1.54, 1.807) is 0 Å². The van der Waals surface area contributed by atoms with Crippen LogP contribution in [0, 0.1) is 0 Å². The first-order valence-corrected chi connectivity index (χ1v) is 5.56. The van der Waals surface area contributed by atoms with Crippen LogP contribution < -0.4 is 5.32 Å². The van der Waals surface area contributed by atoms with Crippen molar-refractivity contribution in [3.05, 3.63) is 0 Å². The quantitative estimate of drug-likeness (QED) is 0.524. The molecule has 2 nitrogen and oxygen atoms in total. The van der Waals surface area contributed by atoms with Crippen molar-refractivity contribution in [2.24, 2.45) is 0 Å². The Balaban J connectivity index is 2.37. The molecule has 1 fully saturated rings. The number of thiol groups is 1. The molecule has 0 radical (unpaired) electrons. The third kappa shape index (κ3) is 2.60. The first-order valence-electron chi connectivity index (χ1n) is 3.70. The molecule has 1 rings (SSSR count). The average molecular weight is 191 g/mol. The molecule has 0 heterocycles. The lowest BCUT2D eigenvalue weighted by Crippen LogP contribution is -2.40. The van der Waals surface area contributed by atoms with Crippen molar-refractivity contribution in [2.45, 2.75) is 37.5 Å². The maximum Gasteiger partial charge on any atom is 0.236 e. The standard InChI is InChI=1S/C7H13NOS2/c1-7(2,11-10)6(9)8-5-3-4-5/h5,10H,3-4H2,1-2H3,(H,8,9). The van der Waals surface area contributed by atoms with Crippen LogP contribution in [-0.2, 0) is 4.79 Å². The van der Waals surface area contributed by atoms with Crippen molar-refractivity contribution in [1.29, 1.82) is 0 Å². The van der Waals surface area contributed by atoms with Crippen molar-refractivity contribution in [3.63, 3.8) is 0 Å². The van der Waals surface area contributed by atoms with E-state index in [1.165, 1.54) is 10.8 Å². The molecule has 0 unspecified atom stereocenters. The fourth-order valence-electron chi connectivity index (χ4n) is 0.628. The molecule has 4 heteroatoms. The van der Waals surface area contributed by atoms with Gasteiger partial charge < -0.3 is 5.32 Å². The molecule has 0 aromatic rings. The number of amides is 1. The Bertz CT molecular complexity index is 166. The fourth-order valence-corrected chi connectivity index (χ4v) is 1.02. The van der Waals surface area contributed by atoms with Crippen molar-refractivity contribution in [3.8, 4) is 0 Å². The second kappa shape index (κ2) is 3.27. The Hall–Kier alpha value is 0.170. The smallest absolute Gasteiger partial charge is 0.236 e. The van der Waals surface area contributed by atoms with Gasteiger partial charge in [0.15, 0.2) is 0 Å². The zero-order valence-electron chi connectivity index (χ0n) is 6.76. The zero-order chi connectivity index (χ0) is 8.48. The summed E-state index contributed by atoms with van der Waals surface area (Å²) in [5, 5.41) is 2.94. The summed E-state index contributed by atoms with van der Waals surface area (Å²) in [6.45, 7) is 3.75. The summed E-state index contributed by atoms with van der Waals surface area (Å²) in [5.74, 6) is 0.0972. The van der Waals surface area contributed by atoms with E-state index in [9.17, 15) is 4.79 Å². The van der Waals surface area contributed by atoms with E-state index in [-0.39, 0.29) is 5.91 Å². The van der Waals surface area contributed by atoms with Gasteiger partial charge in [-0.05, 0) is 26.7 Å². The predicted molar refractivity (Wildman–Crippen MR) is 51.8 cm³/mol. The molecule has 11 heavy (non-hydrogen) atoms. The van der Waals surface area contributed by atoms with Gasteiger partial charge in [0.25, 0.3) is 0 Å². The van der Waals surface area contributed by atoms with E-state index >= 15 is 0 Å². The average Bonchev–Trinajstić information content (AvgIpc) is 2.72. The van der Waals surface area contributed by atoms with E-state index in [0.717, 1.165) is 12.8 Å². The molecule has 0 aromatic heterocycles. The predicted octanol–water partition coefficient (Wildman–Crippen LogP) is 1.62. The Morgan fingerprint density at radius 3 is 2.55 bits per heavy atom. The minimum Gasteiger partial charge on any atom is -0.352 e. The van der Waals surface area contributed by atoms with Crippen LogP contribution in [0.25, 0.3) is 0 Å². The molecule has 0 bridgehead atoms. The highest BCUT2D eigenvalue weighted by molar-refractivity contribution is 8.69. The molecular formula is C7H13NOS2. The molecule has 64 valence electrons. The third-order valence-corrected chi connectivity index (χ3v) is 3.70. The van der Waals surface area contributed by atoms with Gasteiger partial charge in [0.05, 0.1) is 4.75 Å². The van der Waals surface area contributed by atoms with Gasteiger partial charge >= 0.3 is 0 Å². The number of carbonyl (C=O) groups is 1. The van der Waals surface area contributed by atoms with Gasteiger partial charge in [0.1, 0.15) is 0 Å². The summed E-state index contributed by atoms with van der Waals surface area (Å²) < 4.78 is -0.397. The van der Waals surface area contributed by atoms with Crippen LogP contribution in [0.1, 0.15) is 26.7 Å². The minimum absolute atomic E-state index is 0.0972. The largest absolute Gasteiger partial charge is 0.352 e. The van der Waals surface area contributed by atoms with E-state index in [4.69, 9.17) is 0 Å². The van der Waals surface area contributed by atoms with Crippen LogP contribution in [0.5, 0.6) is 0 Å². The van der Waals surface area contributed by atoms with E-state index in [1.807, 2.05) is 13.8 Å². The third-order valence-electron chi connectivity index (χ3n) is 1.69. The highest BCUT2D eigenvalue weighted by atomic mass is 33.1. The highest BCUT2D eigenvalue weighted by Gasteiger charge is 2.32. The van der Waals surface area contributed by atoms with Crippen LogP contribution in [0.4, 0.5) is 0 Å². The molecule has 1 saturated carbocycles. The van der Waals surface area contributed by atoms with Crippen LogP contribution >= 0.6 is 22.5 Å². The molecule has 0 aliphatic heterocycles. The van der Waals surface area contributed by atoms with Crippen molar-refractivity contribution in [2.75, 3.05) is 0 Å². The Morgan fingerprint density at radius 1 is 1.64 bits per heavy atom. The van der Waals surface area contributed by atoms with Gasteiger partial charge in [0.2, 0.25) is 5.91 Å². The lowest BCUT2D eigenvalue weighted by Gasteiger charge is -2.19. The van der Waals surface area contributed by atoms with Crippen LogP contribution in [0.3, 0.4) is 0 Å². The van der Waals surface area contributed by atoms with Crippen LogP contribution in [0.2, 0.25) is 0 Å². The normalized spacial score (nSPS) is 18.1. The van der Waals surface area contributed by atoms with Gasteiger partial charge in [-0.15, -0.1) is 11.7 Å². The fraction of sp³-hybridized carbons (Fsp3) is 0.857. The van der Waals surface area contributed by atoms with Gasteiger partial charge in [-0.1, -0.05) is 10.8 Å². The Kier molecular flexibility index (Phi) is 2.75. The number of rotatable bonds is 3. The van der Waals surface area contributed by atoms with Crippen molar-refractivity contribution < 1.29 is 4.79 Å². The zero-order valence-corrected chi connectivity index (χ0v) is 8.47. The second-order valence-corrected chi connectivity index (χ2v) is 5.10. The number of nitrogens with one attached hydrogen (secondary N) is 1. The minimum atomic E-state index is -0.397. The number of hydrogen-bond donors (Lipinski definition) is 2. The lowest BCUT2D eigenvalue weighted by molar-refractivity contribution is -0.122. The van der Waals surface area contributed by atoms with Crippen LogP contribution in [0.15, 0.2) is 0 Å². The summed E-state index contributed by atoms with van der Waals surface area (Å²) in [7, 11) is 1.29. The monoisotopic (exact) mass is 191 g/mol. The molecule has 0 atom stereocenters. The van der Waals surface area contributed by atoms with Gasteiger partial charge in [-0.2, -0.15) is 0 Å². The summed E-state index contributed by atoms with van der Waals surface area (Å²) in [6.07, 6.45) is 2.28. The maximum atomic E-state index is 11.4. The first kappa shape index (κ1) is 9.26. The molecule has 1 N–H and O–H groups in total. The lowest BCUT2D eigenvalue weighted by atomic mass is 10.2. The molecule has 1 amide bonds. The van der Waals surface area contributed by atoms with Crippen molar-refractivity contribution in [1.82, 2.24) is 5.32 Å². The van der Waals surface area contributed by atoms with Crippen molar-refractivity contribution >= 4 is 28.4 Å². The summed E-state index contributed by atoms with van der Waals surface area (Å²) >= 11 is 4.04. The molecule has 0 saturated heterocycles. The van der Waals surface area contributed by atoms with E-state index in [0.29, 0.717) is 6.04 Å². The van der Waals surface area contributed by atoms with E-state index < -0.39 is 4.75 Å². The van der Waals surface area contributed by atoms with Gasteiger partial charge in [0, 0.05) is 6.04 Å². The molecular weight excluding hydrogens is 178 g/mol. The maximum absolute atomic E-state index is 11.4. The second-order valence-electron chi connectivity index (χ2n) is 3.35. The molecule has 1 aliphatic rings. The highest BCUT2D eigenvalue weighted by Crippen LogP contribution is 2.29. The summed E-state index contributed by atoms with van der Waals surface area (Å²) in [5.41, 5.74) is 0. The molecule has 0 aromatic carbocycles. The van der Waals surface area contributed by atoms with Gasteiger partial charge in [-0.3, -0.25) is 4.79 Å². The topological polar surface area (TPSA) is 29.1 Å². The van der Waals surface area contributed by atoms with Crippen LogP contribution in [-0.4, -0.2) is 16.7 Å². The summed E-state index contributed by atoms with van der Waals surface area (Å²) in [6, 6.07) is 0.447. The molecule has 0 spiro atoms.